The van der Waals surface area contributed by atoms with Crippen LogP contribution >= 0.6 is 22.9 Å². The highest BCUT2D eigenvalue weighted by Crippen LogP contribution is 2.37. The van der Waals surface area contributed by atoms with Crippen LogP contribution in [0.3, 0.4) is 0 Å². The summed E-state index contributed by atoms with van der Waals surface area (Å²) in [6.45, 7) is -0.319. The zero-order valence-electron chi connectivity index (χ0n) is 14.2. The standard InChI is InChI=1S/C19H14ClN3O3S/c1-25-15-8-11(7-13(20)18(15)26-10-17(22)24)6-12(9-21)19-23-14-4-2-3-5-16(14)27-19/h2-8H,10H2,1H3,(H2,22,24). The Bertz CT molecular complexity index is 1050. The Hall–Kier alpha value is -3.08. The van der Waals surface area contributed by atoms with E-state index in [1.807, 2.05) is 24.3 Å². The zero-order valence-corrected chi connectivity index (χ0v) is 15.8. The molecule has 0 aliphatic carbocycles. The van der Waals surface area contributed by atoms with Gasteiger partial charge in [0.1, 0.15) is 11.1 Å². The molecule has 0 aliphatic rings. The van der Waals surface area contributed by atoms with E-state index in [4.69, 9.17) is 26.8 Å². The molecule has 3 rings (SSSR count). The fourth-order valence-corrected chi connectivity index (χ4v) is 3.61. The molecule has 0 radical (unpaired) electrons. The highest BCUT2D eigenvalue weighted by atomic mass is 35.5. The number of rotatable bonds is 6. The number of primary amides is 1. The number of para-hydroxylation sites is 1. The molecule has 0 unspecified atom stereocenters. The molecule has 0 spiro atoms. The predicted octanol–water partition coefficient (Wildman–Crippen LogP) is 3.89. The Kier molecular flexibility index (Phi) is 5.60. The van der Waals surface area contributed by atoms with Gasteiger partial charge in [0.2, 0.25) is 0 Å². The number of methoxy groups -OCH3 is 1. The summed E-state index contributed by atoms with van der Waals surface area (Å²) in [6, 6.07) is 13.1. The van der Waals surface area contributed by atoms with Gasteiger partial charge in [0.15, 0.2) is 18.1 Å². The van der Waals surface area contributed by atoms with E-state index in [1.54, 1.807) is 18.2 Å². The normalized spacial score (nSPS) is 11.2. The number of thiazole rings is 1. The van der Waals surface area contributed by atoms with Crippen LogP contribution in [0.1, 0.15) is 10.6 Å². The van der Waals surface area contributed by atoms with Gasteiger partial charge in [-0.3, -0.25) is 4.79 Å². The largest absolute Gasteiger partial charge is 0.493 e. The van der Waals surface area contributed by atoms with Crippen LogP contribution in [-0.2, 0) is 4.79 Å². The van der Waals surface area contributed by atoms with Crippen LogP contribution in [0.4, 0.5) is 0 Å². The summed E-state index contributed by atoms with van der Waals surface area (Å²) in [7, 11) is 1.45. The van der Waals surface area contributed by atoms with E-state index in [-0.39, 0.29) is 17.4 Å². The number of hydrogen-bond donors (Lipinski definition) is 1. The molecule has 0 atom stereocenters. The molecule has 0 fully saturated rings. The van der Waals surface area contributed by atoms with Crippen LogP contribution in [0, 0.1) is 11.3 Å². The van der Waals surface area contributed by atoms with Crippen molar-refractivity contribution < 1.29 is 14.3 Å². The fraction of sp³-hybridized carbons (Fsp3) is 0.105. The molecule has 136 valence electrons. The van der Waals surface area contributed by atoms with E-state index in [0.717, 1.165) is 10.2 Å². The van der Waals surface area contributed by atoms with Crippen molar-refractivity contribution in [3.05, 3.63) is 52.0 Å². The quantitative estimate of drug-likeness (QED) is 0.634. The molecule has 0 aliphatic heterocycles. The van der Waals surface area contributed by atoms with Gasteiger partial charge >= 0.3 is 0 Å². The van der Waals surface area contributed by atoms with Gasteiger partial charge in [-0.15, -0.1) is 11.3 Å². The van der Waals surface area contributed by atoms with Crippen LogP contribution in [0.25, 0.3) is 21.9 Å². The lowest BCUT2D eigenvalue weighted by Gasteiger charge is -2.12. The molecule has 3 aromatic rings. The number of benzene rings is 2. The monoisotopic (exact) mass is 399 g/mol. The smallest absolute Gasteiger partial charge is 0.255 e. The summed E-state index contributed by atoms with van der Waals surface area (Å²) < 4.78 is 11.6. The second-order valence-corrected chi connectivity index (χ2v) is 6.88. The summed E-state index contributed by atoms with van der Waals surface area (Å²) in [5, 5.41) is 10.4. The molecule has 2 aromatic carbocycles. The highest BCUT2D eigenvalue weighted by molar-refractivity contribution is 7.19. The van der Waals surface area contributed by atoms with E-state index >= 15 is 0 Å². The Morgan fingerprint density at radius 2 is 2.19 bits per heavy atom. The van der Waals surface area contributed by atoms with Crippen molar-refractivity contribution in [3.8, 4) is 17.6 Å². The lowest BCUT2D eigenvalue weighted by atomic mass is 10.1. The topological polar surface area (TPSA) is 98.2 Å². The summed E-state index contributed by atoms with van der Waals surface area (Å²) in [4.78, 5) is 15.4. The van der Waals surface area contributed by atoms with Crippen molar-refractivity contribution in [2.24, 2.45) is 5.73 Å². The first-order chi connectivity index (χ1) is 13.0. The minimum Gasteiger partial charge on any atom is -0.493 e. The first-order valence-corrected chi connectivity index (χ1v) is 8.97. The summed E-state index contributed by atoms with van der Waals surface area (Å²) >= 11 is 7.69. The number of hydrogen-bond acceptors (Lipinski definition) is 6. The maximum Gasteiger partial charge on any atom is 0.255 e. The van der Waals surface area contributed by atoms with E-state index in [1.165, 1.54) is 18.4 Å². The van der Waals surface area contributed by atoms with E-state index < -0.39 is 5.91 Å². The lowest BCUT2D eigenvalue weighted by molar-refractivity contribution is -0.119. The molecule has 0 bridgehead atoms. The summed E-state index contributed by atoms with van der Waals surface area (Å²) in [6.07, 6.45) is 1.67. The van der Waals surface area contributed by atoms with Crippen LogP contribution < -0.4 is 15.2 Å². The van der Waals surface area contributed by atoms with Gasteiger partial charge in [0.05, 0.1) is 27.9 Å². The van der Waals surface area contributed by atoms with Crippen molar-refractivity contribution in [1.29, 1.82) is 5.26 Å². The van der Waals surface area contributed by atoms with E-state index in [9.17, 15) is 10.1 Å². The van der Waals surface area contributed by atoms with Gasteiger partial charge in [-0.25, -0.2) is 4.98 Å². The third-order valence-electron chi connectivity index (χ3n) is 3.57. The molecular weight excluding hydrogens is 386 g/mol. The zero-order chi connectivity index (χ0) is 19.4. The van der Waals surface area contributed by atoms with Crippen LogP contribution in [0.2, 0.25) is 5.02 Å². The average molecular weight is 400 g/mol. The second kappa shape index (κ2) is 8.08. The fourth-order valence-electron chi connectivity index (χ4n) is 2.40. The molecule has 8 heteroatoms. The third kappa shape index (κ3) is 4.19. The average Bonchev–Trinajstić information content (AvgIpc) is 3.08. The van der Waals surface area contributed by atoms with E-state index in [2.05, 4.69) is 11.1 Å². The second-order valence-electron chi connectivity index (χ2n) is 5.45. The summed E-state index contributed by atoms with van der Waals surface area (Å²) in [5.74, 6) is -0.0788. The molecule has 1 amide bonds. The highest BCUT2D eigenvalue weighted by Gasteiger charge is 2.14. The number of carbonyl (C=O) groups is 1. The number of aromatic nitrogens is 1. The van der Waals surface area contributed by atoms with Gasteiger partial charge in [0, 0.05) is 0 Å². The Morgan fingerprint density at radius 3 is 2.85 bits per heavy atom. The lowest BCUT2D eigenvalue weighted by Crippen LogP contribution is -2.20. The molecule has 0 saturated heterocycles. The molecule has 1 heterocycles. The number of halogens is 1. The van der Waals surface area contributed by atoms with Crippen molar-refractivity contribution >= 4 is 50.7 Å². The molecule has 6 nitrogen and oxygen atoms in total. The van der Waals surface area contributed by atoms with Gasteiger partial charge in [-0.05, 0) is 35.9 Å². The van der Waals surface area contributed by atoms with Crippen molar-refractivity contribution in [1.82, 2.24) is 4.98 Å². The number of fused-ring (bicyclic) bond motifs is 1. The number of nitrogens with two attached hydrogens (primary N) is 1. The molecular formula is C19H14ClN3O3S. The maximum atomic E-state index is 10.9. The molecule has 1 aromatic heterocycles. The number of amides is 1. The Morgan fingerprint density at radius 1 is 1.41 bits per heavy atom. The number of nitriles is 1. The number of carbonyl (C=O) groups excluding carboxylic acids is 1. The molecule has 2 N–H and O–H groups in total. The number of ether oxygens (including phenoxy) is 2. The van der Waals surface area contributed by atoms with Crippen LogP contribution in [0.15, 0.2) is 36.4 Å². The SMILES string of the molecule is COc1cc(C=C(C#N)c2nc3ccccc3s2)cc(Cl)c1OCC(N)=O. The minimum absolute atomic E-state index is 0.216. The van der Waals surface area contributed by atoms with Gasteiger partial charge < -0.3 is 15.2 Å². The molecule has 27 heavy (non-hydrogen) atoms. The maximum absolute atomic E-state index is 10.9. The van der Waals surface area contributed by atoms with Crippen molar-refractivity contribution in [2.45, 2.75) is 0 Å². The van der Waals surface area contributed by atoms with E-state index in [0.29, 0.717) is 21.9 Å². The van der Waals surface area contributed by atoms with Crippen molar-refractivity contribution in [3.63, 3.8) is 0 Å². The summed E-state index contributed by atoms with van der Waals surface area (Å²) in [5.41, 5.74) is 6.97. The first kappa shape index (κ1) is 18.7. The van der Waals surface area contributed by atoms with Gasteiger partial charge in [-0.2, -0.15) is 5.26 Å². The van der Waals surface area contributed by atoms with Crippen LogP contribution in [0.5, 0.6) is 11.5 Å². The molecule has 0 saturated carbocycles. The van der Waals surface area contributed by atoms with Crippen LogP contribution in [-0.4, -0.2) is 24.6 Å². The van der Waals surface area contributed by atoms with Gasteiger partial charge in [-0.1, -0.05) is 23.7 Å². The number of allylic oxidation sites excluding steroid dienone is 1. The van der Waals surface area contributed by atoms with Crippen molar-refractivity contribution in [2.75, 3.05) is 13.7 Å². The van der Waals surface area contributed by atoms with Gasteiger partial charge in [0.25, 0.3) is 5.91 Å². The third-order valence-corrected chi connectivity index (χ3v) is 4.92. The Balaban J connectivity index is 2.00. The first-order valence-electron chi connectivity index (χ1n) is 7.78. The minimum atomic E-state index is -0.625. The number of nitrogens with zero attached hydrogens (tertiary/aromatic N) is 2. The predicted molar refractivity (Wildman–Crippen MR) is 106 cm³/mol. The Labute approximate surface area is 164 Å².